The first-order valence-corrected chi connectivity index (χ1v) is 10.2. The predicted molar refractivity (Wildman–Crippen MR) is 118 cm³/mol. The largest absolute Gasteiger partial charge is 0.489 e. The number of hydrogen-bond donors (Lipinski definition) is 0. The van der Waals surface area contributed by atoms with Crippen molar-refractivity contribution in [3.8, 4) is 22.7 Å². The lowest BCUT2D eigenvalue weighted by Crippen LogP contribution is -2.23. The number of hydrogen-bond acceptors (Lipinski definition) is 5. The number of nitrogens with zero attached hydrogens (tertiary/aromatic N) is 6. The Balaban J connectivity index is 1.64. The molecular formula is C23H26N6O2. The SMILES string of the molecule is CCc1cccc(-n2nnn(C)c2=O)c1COc1ccc(-c2nn(C)cc2C)cc1C. The number of rotatable bonds is 6. The molecular weight excluding hydrogens is 392 g/mol. The topological polar surface area (TPSA) is 79.8 Å². The van der Waals surface area contributed by atoms with Gasteiger partial charge in [-0.05, 0) is 71.7 Å². The summed E-state index contributed by atoms with van der Waals surface area (Å²) in [5.41, 5.74) is 6.62. The van der Waals surface area contributed by atoms with Crippen LogP contribution in [0.1, 0.15) is 29.2 Å². The maximum absolute atomic E-state index is 12.4. The highest BCUT2D eigenvalue weighted by Crippen LogP contribution is 2.28. The van der Waals surface area contributed by atoms with E-state index in [2.05, 4.69) is 35.4 Å². The second-order valence-corrected chi connectivity index (χ2v) is 7.67. The van der Waals surface area contributed by atoms with Gasteiger partial charge >= 0.3 is 5.69 Å². The molecule has 0 aliphatic rings. The molecule has 31 heavy (non-hydrogen) atoms. The van der Waals surface area contributed by atoms with Crippen LogP contribution in [0, 0.1) is 13.8 Å². The van der Waals surface area contributed by atoms with E-state index in [0.717, 1.165) is 45.7 Å². The molecule has 8 heteroatoms. The van der Waals surface area contributed by atoms with Crippen molar-refractivity contribution in [3.05, 3.63) is 75.3 Å². The van der Waals surface area contributed by atoms with Crippen LogP contribution >= 0.6 is 0 Å². The van der Waals surface area contributed by atoms with Gasteiger partial charge in [-0.25, -0.2) is 4.79 Å². The summed E-state index contributed by atoms with van der Waals surface area (Å²) in [5, 5.41) is 12.4. The van der Waals surface area contributed by atoms with Gasteiger partial charge in [0.05, 0.1) is 11.4 Å². The lowest BCUT2D eigenvalue weighted by molar-refractivity contribution is 0.302. The number of aromatic nitrogens is 6. The van der Waals surface area contributed by atoms with Crippen molar-refractivity contribution in [1.29, 1.82) is 0 Å². The van der Waals surface area contributed by atoms with Gasteiger partial charge < -0.3 is 4.74 Å². The number of benzene rings is 2. The van der Waals surface area contributed by atoms with E-state index in [-0.39, 0.29) is 5.69 Å². The predicted octanol–water partition coefficient (Wildman–Crippen LogP) is 3.12. The first-order chi connectivity index (χ1) is 14.9. The summed E-state index contributed by atoms with van der Waals surface area (Å²) in [6.07, 6.45) is 2.82. The van der Waals surface area contributed by atoms with E-state index in [1.54, 1.807) is 7.05 Å². The molecule has 4 rings (SSSR count). The third-order valence-corrected chi connectivity index (χ3v) is 5.41. The summed E-state index contributed by atoms with van der Waals surface area (Å²) in [4.78, 5) is 12.4. The van der Waals surface area contributed by atoms with Gasteiger partial charge in [0, 0.05) is 31.4 Å². The molecule has 2 aromatic heterocycles. The summed E-state index contributed by atoms with van der Waals surface area (Å²) in [6, 6.07) is 11.9. The average Bonchev–Trinajstić information content (AvgIpc) is 3.27. The normalized spacial score (nSPS) is 11.1. The molecule has 0 spiro atoms. The Morgan fingerprint density at radius 3 is 2.45 bits per heavy atom. The Labute approximate surface area is 180 Å². The fourth-order valence-corrected chi connectivity index (χ4v) is 3.78. The van der Waals surface area contributed by atoms with Crippen LogP contribution in [0.25, 0.3) is 16.9 Å². The highest BCUT2D eigenvalue weighted by Gasteiger charge is 2.15. The van der Waals surface area contributed by atoms with Crippen LogP contribution in [0.3, 0.4) is 0 Å². The Hall–Kier alpha value is -3.68. The van der Waals surface area contributed by atoms with E-state index in [0.29, 0.717) is 12.3 Å². The van der Waals surface area contributed by atoms with Crippen molar-refractivity contribution in [2.24, 2.45) is 14.1 Å². The van der Waals surface area contributed by atoms with Crippen LogP contribution in [-0.2, 0) is 27.1 Å². The third kappa shape index (κ3) is 3.88. The molecule has 0 saturated carbocycles. The molecule has 4 aromatic rings. The molecule has 0 bridgehead atoms. The van der Waals surface area contributed by atoms with Gasteiger partial charge in [-0.1, -0.05) is 19.1 Å². The molecule has 0 saturated heterocycles. The van der Waals surface area contributed by atoms with Crippen molar-refractivity contribution >= 4 is 0 Å². The molecule has 2 heterocycles. The molecule has 0 fully saturated rings. The standard InChI is InChI=1S/C23H26N6O2/c1-6-17-8-7-9-20(29-23(30)28(5)25-26-29)19(17)14-31-21-11-10-18(12-15(21)2)22-16(3)13-27(4)24-22/h7-13H,6,14H2,1-5H3. The molecule has 0 radical (unpaired) electrons. The van der Waals surface area contributed by atoms with Crippen molar-refractivity contribution < 1.29 is 4.74 Å². The van der Waals surface area contributed by atoms with Crippen LogP contribution in [0.15, 0.2) is 47.4 Å². The zero-order valence-electron chi connectivity index (χ0n) is 18.5. The van der Waals surface area contributed by atoms with Crippen molar-refractivity contribution in [1.82, 2.24) is 29.6 Å². The monoisotopic (exact) mass is 418 g/mol. The minimum atomic E-state index is -0.291. The van der Waals surface area contributed by atoms with E-state index in [1.807, 2.05) is 55.2 Å². The van der Waals surface area contributed by atoms with Gasteiger partial charge in [0.25, 0.3) is 0 Å². The van der Waals surface area contributed by atoms with Crippen LogP contribution in [-0.4, -0.2) is 29.6 Å². The van der Waals surface area contributed by atoms with Gasteiger partial charge in [-0.15, -0.1) is 0 Å². The molecule has 0 aliphatic carbocycles. The van der Waals surface area contributed by atoms with Crippen LogP contribution < -0.4 is 10.4 Å². The minimum absolute atomic E-state index is 0.291. The van der Waals surface area contributed by atoms with Crippen molar-refractivity contribution in [2.45, 2.75) is 33.8 Å². The van der Waals surface area contributed by atoms with Crippen LogP contribution in [0.2, 0.25) is 0 Å². The van der Waals surface area contributed by atoms with E-state index in [9.17, 15) is 4.79 Å². The summed E-state index contributed by atoms with van der Waals surface area (Å²) in [5.74, 6) is 0.792. The molecule has 2 aromatic carbocycles. The van der Waals surface area contributed by atoms with E-state index < -0.39 is 0 Å². The Morgan fingerprint density at radius 1 is 1.03 bits per heavy atom. The Morgan fingerprint density at radius 2 is 1.84 bits per heavy atom. The van der Waals surface area contributed by atoms with Gasteiger partial charge in [-0.3, -0.25) is 4.68 Å². The zero-order valence-corrected chi connectivity index (χ0v) is 18.5. The van der Waals surface area contributed by atoms with Crippen LogP contribution in [0.5, 0.6) is 5.75 Å². The summed E-state index contributed by atoms with van der Waals surface area (Å²) < 4.78 is 10.6. The Bertz CT molecular complexity index is 1300. The minimum Gasteiger partial charge on any atom is -0.489 e. The smallest absolute Gasteiger partial charge is 0.368 e. The van der Waals surface area contributed by atoms with Gasteiger partial charge in [-0.2, -0.15) is 14.5 Å². The first-order valence-electron chi connectivity index (χ1n) is 10.2. The highest BCUT2D eigenvalue weighted by atomic mass is 16.5. The molecule has 0 unspecified atom stereocenters. The zero-order chi connectivity index (χ0) is 22.1. The van der Waals surface area contributed by atoms with E-state index in [1.165, 1.54) is 9.36 Å². The van der Waals surface area contributed by atoms with E-state index in [4.69, 9.17) is 4.74 Å². The molecule has 0 aliphatic heterocycles. The van der Waals surface area contributed by atoms with Crippen molar-refractivity contribution in [2.75, 3.05) is 0 Å². The van der Waals surface area contributed by atoms with E-state index >= 15 is 0 Å². The summed E-state index contributed by atoms with van der Waals surface area (Å²) >= 11 is 0. The van der Waals surface area contributed by atoms with Crippen LogP contribution in [0.4, 0.5) is 0 Å². The molecule has 0 N–H and O–H groups in total. The second kappa shape index (κ2) is 8.22. The van der Waals surface area contributed by atoms with Gasteiger partial charge in [0.1, 0.15) is 12.4 Å². The molecule has 0 amide bonds. The lowest BCUT2D eigenvalue weighted by atomic mass is 10.0. The quantitative estimate of drug-likeness (QED) is 0.481. The summed E-state index contributed by atoms with van der Waals surface area (Å²) in [7, 11) is 3.51. The third-order valence-electron chi connectivity index (χ3n) is 5.41. The number of tetrazole rings is 1. The second-order valence-electron chi connectivity index (χ2n) is 7.67. The maximum Gasteiger partial charge on any atom is 0.368 e. The fourth-order valence-electron chi connectivity index (χ4n) is 3.78. The highest BCUT2D eigenvalue weighted by molar-refractivity contribution is 5.64. The lowest BCUT2D eigenvalue weighted by Gasteiger charge is -2.15. The maximum atomic E-state index is 12.4. The average molecular weight is 419 g/mol. The molecule has 160 valence electrons. The van der Waals surface area contributed by atoms with Gasteiger partial charge in [0.2, 0.25) is 0 Å². The van der Waals surface area contributed by atoms with Crippen molar-refractivity contribution in [3.63, 3.8) is 0 Å². The molecule has 0 atom stereocenters. The summed E-state index contributed by atoms with van der Waals surface area (Å²) in [6.45, 7) is 6.49. The van der Waals surface area contributed by atoms with Gasteiger partial charge in [0.15, 0.2) is 0 Å². The Kier molecular flexibility index (Phi) is 5.46. The fraction of sp³-hybridized carbons (Fsp3) is 0.304. The first kappa shape index (κ1) is 20.6. The number of aryl methyl sites for hydroxylation is 5. The number of ether oxygens (including phenoxy) is 1. The molecule has 8 nitrogen and oxygen atoms in total.